The van der Waals surface area contributed by atoms with E-state index < -0.39 is 55.7 Å². The van der Waals surface area contributed by atoms with Crippen LogP contribution in [0.2, 0.25) is 0 Å². The van der Waals surface area contributed by atoms with E-state index in [9.17, 15) is 57.1 Å². The van der Waals surface area contributed by atoms with E-state index in [0.717, 1.165) is 0 Å². The van der Waals surface area contributed by atoms with Crippen LogP contribution in [0.1, 0.15) is 6.92 Å². The molecule has 0 aliphatic heterocycles. The van der Waals surface area contributed by atoms with Crippen LogP contribution in [0, 0.1) is 0 Å². The molecule has 1 atom stereocenters. The molecule has 0 heterocycles. The zero-order chi connectivity index (χ0) is 20.2. The second-order valence-electron chi connectivity index (χ2n) is 4.46. The SMILES string of the molecule is CC(F)C(F)(F)C(F)(F)C(F)(F)C(F)(F)C(F)(F)C(F)(F)[SiH](Cl)Cl. The minimum atomic E-state index is -7.80. The molecular weight excluding hydrogens is 442 g/mol. The largest absolute Gasteiger partial charge is 0.384 e. The average Bonchev–Trinajstić information content (AvgIpc) is 2.36. The molecule has 0 saturated carbocycles. The summed E-state index contributed by atoms with van der Waals surface area (Å²) in [5, 5.41) is 0. The van der Waals surface area contributed by atoms with E-state index in [1.165, 1.54) is 0 Å². The first-order valence-electron chi connectivity index (χ1n) is 5.33. The Kier molecular flexibility index (Phi) is 6.22. The van der Waals surface area contributed by atoms with Crippen LogP contribution in [0.4, 0.5) is 57.1 Å². The van der Waals surface area contributed by atoms with Gasteiger partial charge in [0.05, 0.1) is 0 Å². The van der Waals surface area contributed by atoms with Crippen LogP contribution in [0.25, 0.3) is 0 Å². The highest BCUT2D eigenvalue weighted by molar-refractivity contribution is 7.34. The Hall–Kier alpha value is -0.113. The van der Waals surface area contributed by atoms with Gasteiger partial charge in [0, 0.05) is 0 Å². The molecule has 0 fully saturated rings. The van der Waals surface area contributed by atoms with Crippen LogP contribution < -0.4 is 0 Å². The van der Waals surface area contributed by atoms with Crippen molar-refractivity contribution >= 4 is 29.6 Å². The lowest BCUT2D eigenvalue weighted by molar-refractivity contribution is -0.421. The number of hydrogen-bond acceptors (Lipinski definition) is 0. The van der Waals surface area contributed by atoms with Gasteiger partial charge in [0.2, 0.25) is 0 Å². The lowest BCUT2D eigenvalue weighted by Gasteiger charge is -2.41. The summed E-state index contributed by atoms with van der Waals surface area (Å²) >= 11 is 8.73. The highest BCUT2D eigenvalue weighted by atomic mass is 35.7. The van der Waals surface area contributed by atoms with Gasteiger partial charge in [-0.05, 0) is 6.92 Å². The Morgan fingerprint density at radius 1 is 0.625 bits per heavy atom. The number of hydrogen-bond donors (Lipinski definition) is 0. The molecule has 0 radical (unpaired) electrons. The fraction of sp³-hybridized carbons (Fsp3) is 1.00. The van der Waals surface area contributed by atoms with Gasteiger partial charge in [0.15, 0.2) is 6.17 Å². The lowest BCUT2D eigenvalue weighted by Crippen LogP contribution is -2.72. The number of alkyl halides is 13. The Labute approximate surface area is 135 Å². The molecule has 0 aromatic rings. The van der Waals surface area contributed by atoms with Crippen molar-refractivity contribution in [2.45, 2.75) is 48.3 Å². The van der Waals surface area contributed by atoms with Gasteiger partial charge in [-0.2, -0.15) is 43.9 Å². The van der Waals surface area contributed by atoms with Gasteiger partial charge < -0.3 is 0 Å². The maximum atomic E-state index is 13.1. The van der Waals surface area contributed by atoms with Crippen LogP contribution >= 0.6 is 22.2 Å². The Bertz CT molecular complexity index is 419. The minimum absolute atomic E-state index is 0.463. The van der Waals surface area contributed by atoms with Crippen LogP contribution in [-0.2, 0) is 0 Å². The summed E-state index contributed by atoms with van der Waals surface area (Å²) < 4.78 is 168. The third kappa shape index (κ3) is 2.95. The standard InChI is InChI=1S/C8H5Cl2F13Si/c1-2(11)3(12,13)4(14,15)5(16,17)6(18,19)7(20,21)8(22,23)24(9)10/h2,24H,1H3. The van der Waals surface area contributed by atoms with Crippen LogP contribution in [0.5, 0.6) is 0 Å². The summed E-state index contributed by atoms with van der Waals surface area (Å²) in [4.78, 5) is 0. The maximum absolute atomic E-state index is 13.1. The Morgan fingerprint density at radius 2 is 0.917 bits per heavy atom. The second kappa shape index (κ2) is 6.25. The first-order chi connectivity index (χ1) is 10.1. The third-order valence-electron chi connectivity index (χ3n) is 2.79. The summed E-state index contributed by atoms with van der Waals surface area (Å²) in [6.45, 7) is -0.463. The lowest BCUT2D eigenvalue weighted by atomic mass is 9.92. The fourth-order valence-electron chi connectivity index (χ4n) is 1.20. The van der Waals surface area contributed by atoms with Crippen LogP contribution in [0.3, 0.4) is 0 Å². The van der Waals surface area contributed by atoms with E-state index in [0.29, 0.717) is 0 Å². The molecular formula is C8H5Cl2F13Si. The molecule has 1 unspecified atom stereocenters. The van der Waals surface area contributed by atoms with E-state index in [1.54, 1.807) is 0 Å². The zero-order valence-electron chi connectivity index (χ0n) is 10.8. The molecule has 0 aromatic carbocycles. The van der Waals surface area contributed by atoms with Crippen LogP contribution in [0.15, 0.2) is 0 Å². The van der Waals surface area contributed by atoms with Gasteiger partial charge in [-0.25, -0.2) is 13.2 Å². The van der Waals surface area contributed by atoms with E-state index in [-0.39, 0.29) is 0 Å². The fourth-order valence-corrected chi connectivity index (χ4v) is 2.48. The minimum Gasteiger partial charge on any atom is -0.241 e. The predicted molar refractivity (Wildman–Crippen MR) is 59.1 cm³/mol. The number of halogens is 15. The molecule has 0 N–H and O–H groups in total. The van der Waals surface area contributed by atoms with Crippen LogP contribution in [-0.4, -0.2) is 48.7 Å². The van der Waals surface area contributed by atoms with Crippen molar-refractivity contribution in [1.29, 1.82) is 0 Å². The van der Waals surface area contributed by atoms with E-state index in [2.05, 4.69) is 22.2 Å². The van der Waals surface area contributed by atoms with Gasteiger partial charge in [-0.1, -0.05) is 0 Å². The molecule has 24 heavy (non-hydrogen) atoms. The highest BCUT2D eigenvalue weighted by Crippen LogP contribution is 2.61. The van der Waals surface area contributed by atoms with E-state index >= 15 is 0 Å². The van der Waals surface area contributed by atoms with Crippen molar-refractivity contribution in [2.24, 2.45) is 0 Å². The highest BCUT2D eigenvalue weighted by Gasteiger charge is 2.91. The first-order valence-corrected chi connectivity index (χ1v) is 9.40. The van der Waals surface area contributed by atoms with Gasteiger partial charge in [-0.15, -0.1) is 22.2 Å². The summed E-state index contributed by atoms with van der Waals surface area (Å²) in [6.07, 6.45) is -4.22. The molecule has 0 nitrogen and oxygen atoms in total. The Morgan fingerprint density at radius 3 is 1.17 bits per heavy atom. The van der Waals surface area contributed by atoms with Crippen molar-refractivity contribution in [3.05, 3.63) is 0 Å². The van der Waals surface area contributed by atoms with Crippen molar-refractivity contribution in [2.75, 3.05) is 0 Å². The summed E-state index contributed by atoms with van der Waals surface area (Å²) in [7, 11) is -5.25. The smallest absolute Gasteiger partial charge is 0.241 e. The molecule has 0 aliphatic carbocycles. The van der Waals surface area contributed by atoms with Crippen molar-refractivity contribution in [1.82, 2.24) is 0 Å². The molecule has 146 valence electrons. The molecule has 0 bridgehead atoms. The van der Waals surface area contributed by atoms with E-state index in [4.69, 9.17) is 0 Å². The molecule has 0 amide bonds. The third-order valence-corrected chi connectivity index (χ3v) is 5.35. The maximum Gasteiger partial charge on any atom is 0.384 e. The normalized spacial score (nSPS) is 17.4. The zero-order valence-corrected chi connectivity index (χ0v) is 13.5. The van der Waals surface area contributed by atoms with Gasteiger partial charge in [-0.3, -0.25) is 0 Å². The molecule has 0 spiro atoms. The quantitative estimate of drug-likeness (QED) is 0.279. The van der Waals surface area contributed by atoms with Gasteiger partial charge in [0.1, 0.15) is 0 Å². The van der Waals surface area contributed by atoms with E-state index in [1.807, 2.05) is 0 Å². The topological polar surface area (TPSA) is 0 Å². The predicted octanol–water partition coefficient (Wildman–Crippen LogP) is 5.39. The van der Waals surface area contributed by atoms with Gasteiger partial charge >= 0.3 is 42.6 Å². The van der Waals surface area contributed by atoms with Crippen molar-refractivity contribution in [3.63, 3.8) is 0 Å². The molecule has 0 saturated heterocycles. The molecule has 0 rings (SSSR count). The molecule has 0 aromatic heterocycles. The monoisotopic (exact) mass is 446 g/mol. The molecule has 16 heteroatoms. The molecule has 0 aliphatic rings. The summed E-state index contributed by atoms with van der Waals surface area (Å²) in [5.41, 5.74) is -6.30. The summed E-state index contributed by atoms with van der Waals surface area (Å²) in [6, 6.07) is 0. The summed E-state index contributed by atoms with van der Waals surface area (Å²) in [5.74, 6) is -37.0. The van der Waals surface area contributed by atoms with Crippen molar-refractivity contribution in [3.8, 4) is 0 Å². The number of rotatable bonds is 7. The van der Waals surface area contributed by atoms with Gasteiger partial charge in [0.25, 0.3) is 0 Å². The second-order valence-corrected chi connectivity index (χ2v) is 9.08. The van der Waals surface area contributed by atoms with Crippen molar-refractivity contribution < 1.29 is 57.1 Å². The Balaban J connectivity index is 6.38. The average molecular weight is 447 g/mol. The first kappa shape index (κ1) is 23.9.